The fourth-order valence-electron chi connectivity index (χ4n) is 4.30. The number of rotatable bonds is 4. The first-order chi connectivity index (χ1) is 14.8. The van der Waals surface area contributed by atoms with Crippen LogP contribution in [0.4, 0.5) is 14.9 Å². The molecule has 0 spiro atoms. The van der Waals surface area contributed by atoms with E-state index in [4.69, 9.17) is 0 Å². The molecule has 0 aliphatic carbocycles. The van der Waals surface area contributed by atoms with Crippen LogP contribution in [0, 0.1) is 12.7 Å². The van der Waals surface area contributed by atoms with Crippen molar-refractivity contribution in [3.8, 4) is 0 Å². The number of hydrogen-bond acceptors (Lipinski definition) is 4. The molecule has 1 unspecified atom stereocenters. The van der Waals surface area contributed by atoms with Crippen LogP contribution in [0.2, 0.25) is 0 Å². The molecule has 1 atom stereocenters. The number of amides is 4. The van der Waals surface area contributed by atoms with Crippen LogP contribution in [-0.4, -0.2) is 60.4 Å². The molecule has 0 bridgehead atoms. The number of benzene rings is 2. The largest absolute Gasteiger partial charge is 0.366 e. The third-order valence-electron chi connectivity index (χ3n) is 6.08. The van der Waals surface area contributed by atoms with Crippen molar-refractivity contribution < 1.29 is 18.8 Å². The molecule has 2 aliphatic rings. The lowest BCUT2D eigenvalue weighted by Gasteiger charge is -2.36. The standard InChI is InChI=1S/C23H25FN4O3/c1-16-7-3-4-8-17(16)23(2)21(30)28(22(31)25-23)15-20(29)27-13-11-26(12-14-27)19-10-6-5-9-18(19)24/h3-10H,11-15H2,1-2H3,(H,25,31). The molecule has 2 heterocycles. The van der Waals surface area contributed by atoms with Crippen LogP contribution >= 0.6 is 0 Å². The highest BCUT2D eigenvalue weighted by molar-refractivity contribution is 6.09. The van der Waals surface area contributed by atoms with Gasteiger partial charge in [0, 0.05) is 26.2 Å². The zero-order valence-corrected chi connectivity index (χ0v) is 17.6. The molecule has 0 saturated carbocycles. The SMILES string of the molecule is Cc1ccccc1C1(C)NC(=O)N(CC(=O)N2CCN(c3ccccc3F)CC2)C1=O. The monoisotopic (exact) mass is 424 g/mol. The minimum absolute atomic E-state index is 0.294. The fourth-order valence-corrected chi connectivity index (χ4v) is 4.30. The molecule has 0 radical (unpaired) electrons. The first-order valence-electron chi connectivity index (χ1n) is 10.3. The lowest BCUT2D eigenvalue weighted by molar-refractivity contribution is -0.139. The number of piperazine rings is 1. The van der Waals surface area contributed by atoms with Crippen molar-refractivity contribution in [2.45, 2.75) is 19.4 Å². The van der Waals surface area contributed by atoms with Crippen LogP contribution in [0.1, 0.15) is 18.1 Å². The predicted octanol–water partition coefficient (Wildman–Crippen LogP) is 2.25. The molecule has 2 aliphatic heterocycles. The molecule has 162 valence electrons. The van der Waals surface area contributed by atoms with Gasteiger partial charge in [0.25, 0.3) is 5.91 Å². The molecular weight excluding hydrogens is 399 g/mol. The van der Waals surface area contributed by atoms with Crippen LogP contribution < -0.4 is 10.2 Å². The first-order valence-corrected chi connectivity index (χ1v) is 10.3. The van der Waals surface area contributed by atoms with E-state index in [0.717, 1.165) is 10.5 Å². The summed E-state index contributed by atoms with van der Waals surface area (Å²) in [5.74, 6) is -1.03. The Bertz CT molecular complexity index is 1030. The quantitative estimate of drug-likeness (QED) is 0.765. The van der Waals surface area contributed by atoms with Crippen molar-refractivity contribution in [2.75, 3.05) is 37.6 Å². The lowest BCUT2D eigenvalue weighted by atomic mass is 9.88. The maximum Gasteiger partial charge on any atom is 0.325 e. The Balaban J connectivity index is 1.41. The Kier molecular flexibility index (Phi) is 5.39. The van der Waals surface area contributed by atoms with Gasteiger partial charge in [0.05, 0.1) is 5.69 Å². The molecular formula is C23H25FN4O3. The lowest BCUT2D eigenvalue weighted by Crippen LogP contribution is -2.52. The molecule has 7 nitrogen and oxygen atoms in total. The van der Waals surface area contributed by atoms with E-state index in [0.29, 0.717) is 37.4 Å². The number of para-hydroxylation sites is 1. The first kappa shape index (κ1) is 20.8. The number of hydrogen-bond donors (Lipinski definition) is 1. The highest BCUT2D eigenvalue weighted by Crippen LogP contribution is 2.31. The van der Waals surface area contributed by atoms with Crippen molar-refractivity contribution in [3.05, 3.63) is 65.5 Å². The number of anilines is 1. The minimum atomic E-state index is -1.20. The van der Waals surface area contributed by atoms with Crippen molar-refractivity contribution in [1.82, 2.24) is 15.1 Å². The smallest absolute Gasteiger partial charge is 0.325 e. The minimum Gasteiger partial charge on any atom is -0.366 e. The van der Waals surface area contributed by atoms with Crippen molar-refractivity contribution in [2.24, 2.45) is 0 Å². The molecule has 0 aromatic heterocycles. The summed E-state index contributed by atoms with van der Waals surface area (Å²) in [6, 6.07) is 13.3. The average Bonchev–Trinajstić information content (AvgIpc) is 2.98. The predicted molar refractivity (Wildman–Crippen MR) is 114 cm³/mol. The number of halogens is 1. The van der Waals surface area contributed by atoms with Crippen molar-refractivity contribution in [3.63, 3.8) is 0 Å². The Morgan fingerprint density at radius 2 is 1.68 bits per heavy atom. The van der Waals surface area contributed by atoms with E-state index >= 15 is 0 Å². The number of nitrogens with zero attached hydrogens (tertiary/aromatic N) is 3. The van der Waals surface area contributed by atoms with Crippen LogP contribution in [0.3, 0.4) is 0 Å². The third-order valence-corrected chi connectivity index (χ3v) is 6.08. The van der Waals surface area contributed by atoms with Crippen LogP contribution in [-0.2, 0) is 15.1 Å². The maximum absolute atomic E-state index is 14.0. The second kappa shape index (κ2) is 8.02. The maximum atomic E-state index is 14.0. The highest BCUT2D eigenvalue weighted by atomic mass is 19.1. The van der Waals surface area contributed by atoms with E-state index in [9.17, 15) is 18.8 Å². The zero-order valence-electron chi connectivity index (χ0n) is 17.6. The van der Waals surface area contributed by atoms with Crippen LogP contribution in [0.5, 0.6) is 0 Å². The normalized spacial score (nSPS) is 21.5. The summed E-state index contributed by atoms with van der Waals surface area (Å²) in [6.07, 6.45) is 0. The highest BCUT2D eigenvalue weighted by Gasteiger charge is 2.50. The molecule has 31 heavy (non-hydrogen) atoms. The summed E-state index contributed by atoms with van der Waals surface area (Å²) >= 11 is 0. The number of nitrogens with one attached hydrogen (secondary N) is 1. The topological polar surface area (TPSA) is 73.0 Å². The summed E-state index contributed by atoms with van der Waals surface area (Å²) in [4.78, 5) is 43.0. The second-order valence-electron chi connectivity index (χ2n) is 8.08. The van der Waals surface area contributed by atoms with Crippen molar-refractivity contribution in [1.29, 1.82) is 0 Å². The van der Waals surface area contributed by atoms with E-state index in [1.165, 1.54) is 6.07 Å². The van der Waals surface area contributed by atoms with Crippen LogP contribution in [0.15, 0.2) is 48.5 Å². The summed E-state index contributed by atoms with van der Waals surface area (Å²) in [6.45, 7) is 4.97. The molecule has 2 aromatic carbocycles. The van der Waals surface area contributed by atoms with Gasteiger partial charge in [0.15, 0.2) is 0 Å². The van der Waals surface area contributed by atoms with Crippen molar-refractivity contribution >= 4 is 23.5 Å². The van der Waals surface area contributed by atoms with E-state index in [-0.39, 0.29) is 18.3 Å². The molecule has 2 saturated heterocycles. The summed E-state index contributed by atoms with van der Waals surface area (Å²) in [7, 11) is 0. The average molecular weight is 424 g/mol. The van der Waals surface area contributed by atoms with Gasteiger partial charge >= 0.3 is 6.03 Å². The number of aryl methyl sites for hydroxylation is 1. The Labute approximate surface area is 180 Å². The van der Waals surface area contributed by atoms with Gasteiger partial charge in [-0.25, -0.2) is 9.18 Å². The number of carbonyl (C=O) groups excluding carboxylic acids is 3. The molecule has 4 amide bonds. The third kappa shape index (κ3) is 3.73. The summed E-state index contributed by atoms with van der Waals surface area (Å²) < 4.78 is 14.0. The van der Waals surface area contributed by atoms with E-state index in [1.54, 1.807) is 36.1 Å². The molecule has 2 aromatic rings. The van der Waals surface area contributed by atoms with Gasteiger partial charge in [-0.1, -0.05) is 36.4 Å². The summed E-state index contributed by atoms with van der Waals surface area (Å²) in [5.41, 5.74) is 0.905. The molecule has 8 heteroatoms. The molecule has 1 N–H and O–H groups in total. The van der Waals surface area contributed by atoms with Gasteiger partial charge < -0.3 is 15.1 Å². The van der Waals surface area contributed by atoms with Gasteiger partial charge in [-0.05, 0) is 37.1 Å². The van der Waals surface area contributed by atoms with Crippen LogP contribution in [0.25, 0.3) is 0 Å². The zero-order chi connectivity index (χ0) is 22.2. The number of imide groups is 1. The fraction of sp³-hybridized carbons (Fsp3) is 0.348. The van der Waals surface area contributed by atoms with E-state index < -0.39 is 17.5 Å². The van der Waals surface area contributed by atoms with E-state index in [2.05, 4.69) is 5.32 Å². The summed E-state index contributed by atoms with van der Waals surface area (Å²) in [5, 5.41) is 2.75. The van der Waals surface area contributed by atoms with Gasteiger partial charge in [-0.15, -0.1) is 0 Å². The van der Waals surface area contributed by atoms with E-state index in [1.807, 2.05) is 30.0 Å². The Hall–Kier alpha value is -3.42. The molecule has 2 fully saturated rings. The number of carbonyl (C=O) groups is 3. The second-order valence-corrected chi connectivity index (χ2v) is 8.08. The number of urea groups is 1. The Morgan fingerprint density at radius 3 is 2.35 bits per heavy atom. The molecule has 4 rings (SSSR count). The van der Waals surface area contributed by atoms with Gasteiger partial charge in [0.1, 0.15) is 17.9 Å². The Morgan fingerprint density at radius 1 is 1.03 bits per heavy atom. The van der Waals surface area contributed by atoms with Gasteiger partial charge in [0.2, 0.25) is 5.91 Å². The van der Waals surface area contributed by atoms with Gasteiger partial charge in [-0.3, -0.25) is 14.5 Å². The van der Waals surface area contributed by atoms with Gasteiger partial charge in [-0.2, -0.15) is 0 Å².